The molecule has 1 atom stereocenters. The van der Waals surface area contributed by atoms with Gasteiger partial charge in [0.1, 0.15) is 6.04 Å². The zero-order valence-electron chi connectivity index (χ0n) is 16.6. The van der Waals surface area contributed by atoms with Crippen LogP contribution in [0.1, 0.15) is 42.7 Å². The number of amides is 1. The summed E-state index contributed by atoms with van der Waals surface area (Å²) in [5, 5.41) is 16.6. The predicted molar refractivity (Wildman–Crippen MR) is 112 cm³/mol. The molecule has 0 unspecified atom stereocenters. The van der Waals surface area contributed by atoms with Gasteiger partial charge in [-0.05, 0) is 24.5 Å². The highest BCUT2D eigenvalue weighted by molar-refractivity contribution is 5.94. The quantitative estimate of drug-likeness (QED) is 0.626. The number of hydrogen-bond acceptors (Lipinski definition) is 4. The van der Waals surface area contributed by atoms with E-state index in [1.807, 2.05) is 60.7 Å². The van der Waals surface area contributed by atoms with Gasteiger partial charge < -0.3 is 10.4 Å². The minimum absolute atomic E-state index is 0.0459. The summed E-state index contributed by atoms with van der Waals surface area (Å²) in [6.45, 7) is 0. The van der Waals surface area contributed by atoms with Gasteiger partial charge in [-0.3, -0.25) is 4.79 Å². The molecular weight excluding hydrogens is 380 g/mol. The number of aliphatic carboxylic acids is 1. The van der Waals surface area contributed by atoms with Crippen LogP contribution in [0.5, 0.6) is 0 Å². The average Bonchev–Trinajstić information content (AvgIpc) is 3.44. The Morgan fingerprint density at radius 3 is 2.30 bits per heavy atom. The van der Waals surface area contributed by atoms with E-state index in [0.717, 1.165) is 36.9 Å². The number of para-hydroxylation sites is 1. The smallest absolute Gasteiger partial charge is 0.326 e. The topological polar surface area (TPSA) is 97.1 Å². The van der Waals surface area contributed by atoms with Crippen LogP contribution in [-0.2, 0) is 4.79 Å². The van der Waals surface area contributed by atoms with Gasteiger partial charge >= 0.3 is 5.97 Å². The number of carboxylic acids is 1. The number of carbonyl (C=O) groups is 2. The lowest BCUT2D eigenvalue weighted by molar-refractivity contribution is -0.139. The standard InChI is InChI=1S/C23H24N4O3/c28-22(24-19(23(29)30)15-16-9-7-8-10-16)20-25-21(17-11-3-1-4-12-17)27(26-20)18-13-5-2-6-14-18/h1-6,11-14,16,19H,7-10,15H2,(H,24,28)(H,29,30)/t19-/m1/s1. The molecule has 1 aliphatic carbocycles. The van der Waals surface area contributed by atoms with Crippen molar-refractivity contribution in [3.05, 3.63) is 66.5 Å². The molecule has 0 radical (unpaired) electrons. The van der Waals surface area contributed by atoms with E-state index in [9.17, 15) is 14.7 Å². The predicted octanol–water partition coefficient (Wildman–Crippen LogP) is 3.70. The van der Waals surface area contributed by atoms with Crippen molar-refractivity contribution in [3.63, 3.8) is 0 Å². The molecule has 1 amide bonds. The Bertz CT molecular complexity index is 954. The zero-order valence-corrected chi connectivity index (χ0v) is 16.6. The molecule has 3 aromatic rings. The molecule has 154 valence electrons. The molecule has 1 fully saturated rings. The van der Waals surface area contributed by atoms with Crippen LogP contribution in [0.2, 0.25) is 0 Å². The van der Waals surface area contributed by atoms with E-state index in [0.29, 0.717) is 18.2 Å². The molecule has 2 N–H and O–H groups in total. The molecule has 4 rings (SSSR count). The number of hydrogen-bond donors (Lipinski definition) is 2. The maximum Gasteiger partial charge on any atom is 0.326 e. The lowest BCUT2D eigenvalue weighted by atomic mass is 9.98. The fourth-order valence-electron chi connectivity index (χ4n) is 3.96. The van der Waals surface area contributed by atoms with Crippen LogP contribution in [0.4, 0.5) is 0 Å². The van der Waals surface area contributed by atoms with Gasteiger partial charge in [0.25, 0.3) is 5.91 Å². The number of aromatic nitrogens is 3. The normalized spacial score (nSPS) is 15.1. The first-order chi connectivity index (χ1) is 14.6. The van der Waals surface area contributed by atoms with Crippen LogP contribution in [-0.4, -0.2) is 37.8 Å². The van der Waals surface area contributed by atoms with Crippen molar-refractivity contribution < 1.29 is 14.7 Å². The summed E-state index contributed by atoms with van der Waals surface area (Å²) in [5.41, 5.74) is 1.58. The second kappa shape index (κ2) is 8.90. The summed E-state index contributed by atoms with van der Waals surface area (Å²) < 4.78 is 1.61. The third kappa shape index (κ3) is 4.40. The van der Waals surface area contributed by atoms with Gasteiger partial charge in [-0.15, -0.1) is 5.10 Å². The second-order valence-electron chi connectivity index (χ2n) is 7.62. The van der Waals surface area contributed by atoms with Crippen molar-refractivity contribution in [1.29, 1.82) is 0 Å². The van der Waals surface area contributed by atoms with Gasteiger partial charge in [0, 0.05) is 5.56 Å². The Kier molecular flexibility index (Phi) is 5.88. The first-order valence-electron chi connectivity index (χ1n) is 10.2. The average molecular weight is 404 g/mol. The van der Waals surface area contributed by atoms with E-state index in [1.165, 1.54) is 0 Å². The maximum absolute atomic E-state index is 12.8. The van der Waals surface area contributed by atoms with E-state index in [1.54, 1.807) is 4.68 Å². The van der Waals surface area contributed by atoms with E-state index in [2.05, 4.69) is 15.4 Å². The van der Waals surface area contributed by atoms with E-state index < -0.39 is 17.9 Å². The lowest BCUT2D eigenvalue weighted by Crippen LogP contribution is -2.42. The summed E-state index contributed by atoms with van der Waals surface area (Å²) in [6.07, 6.45) is 4.70. The molecule has 1 aromatic heterocycles. The van der Waals surface area contributed by atoms with E-state index >= 15 is 0 Å². The Morgan fingerprint density at radius 1 is 1.03 bits per heavy atom. The molecule has 0 aliphatic heterocycles. The van der Waals surface area contributed by atoms with Gasteiger partial charge in [-0.2, -0.15) is 0 Å². The molecule has 30 heavy (non-hydrogen) atoms. The van der Waals surface area contributed by atoms with Crippen LogP contribution < -0.4 is 5.32 Å². The molecule has 0 bridgehead atoms. The molecule has 1 heterocycles. The molecule has 0 saturated heterocycles. The van der Waals surface area contributed by atoms with Gasteiger partial charge in [0.05, 0.1) is 5.69 Å². The van der Waals surface area contributed by atoms with Crippen molar-refractivity contribution in [3.8, 4) is 17.1 Å². The fourth-order valence-corrected chi connectivity index (χ4v) is 3.96. The fraction of sp³-hybridized carbons (Fsp3) is 0.304. The Balaban J connectivity index is 1.62. The van der Waals surface area contributed by atoms with Gasteiger partial charge in [0.15, 0.2) is 5.82 Å². The van der Waals surface area contributed by atoms with Crippen LogP contribution in [0.25, 0.3) is 17.1 Å². The summed E-state index contributed by atoms with van der Waals surface area (Å²) in [6, 6.07) is 18.0. The van der Waals surface area contributed by atoms with Crippen molar-refractivity contribution in [2.45, 2.75) is 38.1 Å². The Hall–Kier alpha value is -3.48. The van der Waals surface area contributed by atoms with Crippen molar-refractivity contribution in [2.24, 2.45) is 5.92 Å². The summed E-state index contributed by atoms with van der Waals surface area (Å²) in [7, 11) is 0. The highest BCUT2D eigenvalue weighted by Crippen LogP contribution is 2.28. The van der Waals surface area contributed by atoms with Gasteiger partial charge in [-0.1, -0.05) is 74.2 Å². The van der Waals surface area contributed by atoms with Crippen molar-refractivity contribution in [1.82, 2.24) is 20.1 Å². The van der Waals surface area contributed by atoms with Crippen LogP contribution in [0.15, 0.2) is 60.7 Å². The van der Waals surface area contributed by atoms with Gasteiger partial charge in [0.2, 0.25) is 5.82 Å². The molecule has 1 saturated carbocycles. The second-order valence-corrected chi connectivity index (χ2v) is 7.62. The summed E-state index contributed by atoms with van der Waals surface area (Å²) in [5.74, 6) is -0.792. The molecule has 1 aliphatic rings. The van der Waals surface area contributed by atoms with Crippen LogP contribution >= 0.6 is 0 Å². The highest BCUT2D eigenvalue weighted by atomic mass is 16.4. The summed E-state index contributed by atoms with van der Waals surface area (Å²) in [4.78, 5) is 29.0. The maximum atomic E-state index is 12.8. The van der Waals surface area contributed by atoms with E-state index in [-0.39, 0.29) is 5.82 Å². The van der Waals surface area contributed by atoms with Crippen LogP contribution in [0, 0.1) is 5.92 Å². The van der Waals surface area contributed by atoms with Crippen LogP contribution in [0.3, 0.4) is 0 Å². The largest absolute Gasteiger partial charge is 0.480 e. The Labute approximate surface area is 174 Å². The minimum Gasteiger partial charge on any atom is -0.480 e. The lowest BCUT2D eigenvalue weighted by Gasteiger charge is -2.17. The number of carboxylic acid groups (broad SMARTS) is 1. The zero-order chi connectivity index (χ0) is 20.9. The van der Waals surface area contributed by atoms with E-state index in [4.69, 9.17) is 0 Å². The molecule has 7 nitrogen and oxygen atoms in total. The number of rotatable bonds is 7. The van der Waals surface area contributed by atoms with Crippen molar-refractivity contribution >= 4 is 11.9 Å². The molecular formula is C23H24N4O3. The molecule has 7 heteroatoms. The molecule has 2 aromatic carbocycles. The third-order valence-corrected chi connectivity index (χ3v) is 5.49. The number of carbonyl (C=O) groups excluding carboxylic acids is 1. The highest BCUT2D eigenvalue weighted by Gasteiger charge is 2.28. The number of benzene rings is 2. The summed E-state index contributed by atoms with van der Waals surface area (Å²) >= 11 is 0. The van der Waals surface area contributed by atoms with Gasteiger partial charge in [-0.25, -0.2) is 14.5 Å². The number of nitrogens with zero attached hydrogens (tertiary/aromatic N) is 3. The minimum atomic E-state index is -1.03. The monoisotopic (exact) mass is 404 g/mol. The first-order valence-corrected chi connectivity index (χ1v) is 10.2. The third-order valence-electron chi connectivity index (χ3n) is 5.49. The number of nitrogens with one attached hydrogen (secondary N) is 1. The molecule has 0 spiro atoms. The van der Waals surface area contributed by atoms with Crippen molar-refractivity contribution in [2.75, 3.05) is 0 Å². The SMILES string of the molecule is O=C(N[C@H](CC1CCCC1)C(=O)O)c1nc(-c2ccccc2)n(-c2ccccc2)n1. The Morgan fingerprint density at radius 2 is 1.67 bits per heavy atom. The first kappa shape index (κ1) is 19.8.